The van der Waals surface area contributed by atoms with E-state index in [9.17, 15) is 13.2 Å². The number of piperidine rings is 2. The molecule has 266 valence electrons. The molecule has 1 spiro atoms. The largest absolute Gasteiger partial charge is 0.494 e. The van der Waals surface area contributed by atoms with Crippen molar-refractivity contribution in [2.75, 3.05) is 61.9 Å². The van der Waals surface area contributed by atoms with Crippen LogP contribution in [-0.4, -0.2) is 87.2 Å². The Morgan fingerprint density at radius 3 is 2.50 bits per heavy atom. The maximum absolute atomic E-state index is 14.7. The maximum atomic E-state index is 14.7. The smallest absolute Gasteiger partial charge is 0.207 e. The Bertz CT molecular complexity index is 1820. The van der Waals surface area contributed by atoms with Crippen LogP contribution in [0.25, 0.3) is 11.4 Å². The third-order valence-corrected chi connectivity index (χ3v) is 10.6. The molecule has 1 atom stereocenters. The van der Waals surface area contributed by atoms with Crippen molar-refractivity contribution in [3.63, 3.8) is 0 Å². The van der Waals surface area contributed by atoms with Crippen molar-refractivity contribution >= 4 is 23.0 Å². The zero-order valence-corrected chi connectivity index (χ0v) is 28.9. The average molecular weight is 693 g/mol. The Kier molecular flexibility index (Phi) is 9.28. The Hall–Kier alpha value is -4.50. The van der Waals surface area contributed by atoms with Gasteiger partial charge in [-0.2, -0.15) is 4.80 Å². The summed E-state index contributed by atoms with van der Waals surface area (Å²) in [4.78, 5) is 20.7. The van der Waals surface area contributed by atoms with E-state index in [4.69, 9.17) is 9.57 Å². The number of benzene rings is 2. The molecule has 2 aromatic heterocycles. The Labute approximate surface area is 289 Å². The molecule has 2 aromatic carbocycles. The van der Waals surface area contributed by atoms with Gasteiger partial charge in [0.1, 0.15) is 24.6 Å². The highest BCUT2D eigenvalue weighted by atomic mass is 19.2. The lowest BCUT2D eigenvalue weighted by atomic mass is 9.70. The highest BCUT2D eigenvalue weighted by molar-refractivity contribution is 5.83. The predicted molar refractivity (Wildman–Crippen MR) is 183 cm³/mol. The van der Waals surface area contributed by atoms with Crippen molar-refractivity contribution in [3.8, 4) is 17.1 Å². The molecule has 3 aliphatic rings. The van der Waals surface area contributed by atoms with Crippen LogP contribution in [0, 0.1) is 17.0 Å². The van der Waals surface area contributed by atoms with Crippen LogP contribution in [0.2, 0.25) is 0 Å². The van der Waals surface area contributed by atoms with Crippen LogP contribution in [0.5, 0.6) is 5.75 Å². The number of nitrogens with zero attached hydrogens (tertiary/aromatic N) is 9. The molecule has 5 heterocycles. The van der Waals surface area contributed by atoms with Crippen molar-refractivity contribution in [3.05, 3.63) is 59.9 Å². The van der Waals surface area contributed by atoms with E-state index in [-0.39, 0.29) is 17.7 Å². The van der Waals surface area contributed by atoms with Crippen molar-refractivity contribution in [1.82, 2.24) is 35.1 Å². The van der Waals surface area contributed by atoms with Gasteiger partial charge in [0, 0.05) is 48.3 Å². The van der Waals surface area contributed by atoms with Gasteiger partial charge in [0.25, 0.3) is 0 Å². The van der Waals surface area contributed by atoms with Crippen molar-refractivity contribution in [2.24, 2.45) is 12.5 Å². The van der Waals surface area contributed by atoms with Crippen LogP contribution >= 0.6 is 0 Å². The van der Waals surface area contributed by atoms with Gasteiger partial charge in [-0.05, 0) is 75.4 Å². The number of hydroxylamine groups is 1. The molecule has 3 saturated heterocycles. The molecule has 3 fully saturated rings. The Morgan fingerprint density at radius 1 is 1.04 bits per heavy atom. The van der Waals surface area contributed by atoms with E-state index in [1.54, 1.807) is 26.3 Å². The molecule has 0 saturated carbocycles. The van der Waals surface area contributed by atoms with Gasteiger partial charge in [0.05, 0.1) is 38.2 Å². The third kappa shape index (κ3) is 6.55. The molecular formula is C35H43F3N10O2. The van der Waals surface area contributed by atoms with E-state index < -0.39 is 23.2 Å². The summed E-state index contributed by atoms with van der Waals surface area (Å²) in [5.41, 5.74) is 2.38. The third-order valence-electron chi connectivity index (χ3n) is 10.6. The fraction of sp³-hybridized carbons (Fsp3) is 0.514. The number of alkyl halides is 1. The van der Waals surface area contributed by atoms with E-state index in [1.165, 1.54) is 22.3 Å². The first-order valence-electron chi connectivity index (χ1n) is 17.1. The minimum Gasteiger partial charge on any atom is -0.494 e. The first-order valence-corrected chi connectivity index (χ1v) is 17.1. The molecule has 1 N–H and O–H groups in total. The fourth-order valence-corrected chi connectivity index (χ4v) is 7.49. The number of anilines is 4. The van der Waals surface area contributed by atoms with Crippen LogP contribution in [0.1, 0.15) is 57.6 Å². The second-order valence-electron chi connectivity index (χ2n) is 14.1. The number of hydrogen-bond acceptors (Lipinski definition) is 11. The van der Waals surface area contributed by atoms with Gasteiger partial charge in [-0.1, -0.05) is 12.1 Å². The Morgan fingerprint density at radius 2 is 1.80 bits per heavy atom. The van der Waals surface area contributed by atoms with Crippen LogP contribution in [-0.2, 0) is 11.9 Å². The lowest BCUT2D eigenvalue weighted by Gasteiger charge is -2.50. The molecule has 4 aromatic rings. The van der Waals surface area contributed by atoms with Crippen LogP contribution in [0.4, 0.5) is 36.2 Å². The van der Waals surface area contributed by atoms with Gasteiger partial charge < -0.3 is 15.0 Å². The minimum absolute atomic E-state index is 0.198. The normalized spacial score (nSPS) is 19.7. The Balaban J connectivity index is 1.14. The monoisotopic (exact) mass is 692 g/mol. The molecule has 3 aliphatic heterocycles. The summed E-state index contributed by atoms with van der Waals surface area (Å²) in [6.07, 6.45) is 6.05. The topological polar surface area (TPSA) is 110 Å². The SMILES string of the molecule is COc1cc(N2CCC3(CC2)CCN(C(C)(C)CF)CC3)c(-c2nnn(C)n2)cc1Nc1cc(N2OCC[C@@H]2c2cccc(F)c2F)ncn1. The minimum atomic E-state index is -0.910. The highest BCUT2D eigenvalue weighted by Crippen LogP contribution is 2.46. The molecule has 12 nitrogen and oxygen atoms in total. The number of halogens is 3. The van der Waals surface area contributed by atoms with E-state index in [2.05, 4.69) is 40.5 Å². The summed E-state index contributed by atoms with van der Waals surface area (Å²) in [6.45, 7) is 7.49. The first-order chi connectivity index (χ1) is 24.1. The van der Waals surface area contributed by atoms with Crippen molar-refractivity contribution in [2.45, 2.75) is 57.5 Å². The first kappa shape index (κ1) is 34.0. The van der Waals surface area contributed by atoms with Gasteiger partial charge in [-0.25, -0.2) is 28.2 Å². The molecule has 0 unspecified atom stereocenters. The van der Waals surface area contributed by atoms with Crippen molar-refractivity contribution in [1.29, 1.82) is 0 Å². The van der Waals surface area contributed by atoms with Crippen LogP contribution in [0.15, 0.2) is 42.7 Å². The standard InChI is InChI=1S/C35H43F3N10O2/c1-34(2,21-36)47-15-11-35(12-16-47)9-13-46(14-10-35)28-19-29(49-4)26(18-24(28)33-42-44-45(3)43-33)41-30-20-31(40-22-39-30)48-27(8-17-50-48)23-6-5-7-25(37)32(23)38/h5-7,18-20,22,27H,8-17,21H2,1-4H3,(H,39,40,41)/t27-/m1/s1. The van der Waals surface area contributed by atoms with Gasteiger partial charge in [-0.3, -0.25) is 9.74 Å². The molecule has 0 bridgehead atoms. The van der Waals surface area contributed by atoms with E-state index in [1.807, 2.05) is 26.0 Å². The summed E-state index contributed by atoms with van der Waals surface area (Å²) in [5, 5.41) is 17.8. The van der Waals surface area contributed by atoms with Gasteiger partial charge in [-0.15, -0.1) is 10.2 Å². The van der Waals surface area contributed by atoms with Gasteiger partial charge in [0.15, 0.2) is 17.5 Å². The van der Waals surface area contributed by atoms with Crippen LogP contribution < -0.4 is 20.0 Å². The number of likely N-dealkylation sites (tertiary alicyclic amines) is 1. The zero-order chi connectivity index (χ0) is 35.0. The number of rotatable bonds is 9. The second kappa shape index (κ2) is 13.7. The summed E-state index contributed by atoms with van der Waals surface area (Å²) in [7, 11) is 3.34. The highest BCUT2D eigenvalue weighted by Gasteiger charge is 2.41. The van der Waals surface area contributed by atoms with E-state index in [0.29, 0.717) is 41.9 Å². The van der Waals surface area contributed by atoms with Gasteiger partial charge in [0.2, 0.25) is 5.82 Å². The lowest BCUT2D eigenvalue weighted by Crippen LogP contribution is -2.53. The molecule has 0 radical (unpaired) electrons. The van der Waals surface area contributed by atoms with Crippen LogP contribution in [0.3, 0.4) is 0 Å². The van der Waals surface area contributed by atoms with Crippen molar-refractivity contribution < 1.29 is 22.7 Å². The summed E-state index contributed by atoms with van der Waals surface area (Å²) >= 11 is 0. The number of aryl methyl sites for hydroxylation is 1. The molecular weight excluding hydrogens is 649 g/mol. The number of tetrazole rings is 1. The van der Waals surface area contributed by atoms with E-state index >= 15 is 0 Å². The molecule has 0 aliphatic carbocycles. The zero-order valence-electron chi connectivity index (χ0n) is 28.9. The number of nitrogens with one attached hydrogen (secondary N) is 1. The number of aromatic nitrogens is 6. The summed E-state index contributed by atoms with van der Waals surface area (Å²) in [6, 6.07) is 9.19. The van der Waals surface area contributed by atoms with Gasteiger partial charge >= 0.3 is 0 Å². The second-order valence-corrected chi connectivity index (χ2v) is 14.1. The molecule has 15 heteroatoms. The average Bonchev–Trinajstić information content (AvgIpc) is 3.80. The summed E-state index contributed by atoms with van der Waals surface area (Å²) < 4.78 is 48.4. The summed E-state index contributed by atoms with van der Waals surface area (Å²) in [5.74, 6) is 0.0852. The molecule has 0 amide bonds. The predicted octanol–water partition coefficient (Wildman–Crippen LogP) is 6.01. The molecule has 50 heavy (non-hydrogen) atoms. The molecule has 7 rings (SSSR count). The quantitative estimate of drug-likeness (QED) is 0.223. The number of methoxy groups -OCH3 is 1. The maximum Gasteiger partial charge on any atom is 0.207 e. The number of hydrogen-bond donors (Lipinski definition) is 1. The number of ether oxygens (including phenoxy) is 1. The fourth-order valence-electron chi connectivity index (χ4n) is 7.49. The lowest BCUT2D eigenvalue weighted by molar-refractivity contribution is 0.0112. The van der Waals surface area contributed by atoms with E-state index in [0.717, 1.165) is 69.2 Å².